The summed E-state index contributed by atoms with van der Waals surface area (Å²) < 4.78 is 12.5. The molecule has 18 heavy (non-hydrogen) atoms. The first-order chi connectivity index (χ1) is 8.78. The third-order valence-corrected chi connectivity index (χ3v) is 3.00. The van der Waals surface area contributed by atoms with Crippen LogP contribution in [-0.2, 0) is 0 Å². The molecule has 0 saturated heterocycles. The van der Waals surface area contributed by atoms with Crippen molar-refractivity contribution in [2.24, 2.45) is 0 Å². The molecule has 88 valence electrons. The molecule has 1 heterocycles. The Balaban J connectivity index is 1.77. The van der Waals surface area contributed by atoms with Crippen molar-refractivity contribution in [3.63, 3.8) is 0 Å². The van der Waals surface area contributed by atoms with Gasteiger partial charge in [0.1, 0.15) is 0 Å². The van der Waals surface area contributed by atoms with Crippen molar-refractivity contribution in [2.45, 2.75) is 0 Å². The maximum atomic E-state index is 8.74. The van der Waals surface area contributed by atoms with Crippen LogP contribution in [0.4, 0.5) is 0 Å². The predicted octanol–water partition coefficient (Wildman–Crippen LogP) is 0.539. The van der Waals surface area contributed by atoms with E-state index < -0.39 is 0 Å². The van der Waals surface area contributed by atoms with Crippen molar-refractivity contribution in [3.05, 3.63) is 36.2 Å². The van der Waals surface area contributed by atoms with E-state index in [0.717, 1.165) is 0 Å². The van der Waals surface area contributed by atoms with Gasteiger partial charge in [-0.3, -0.25) is 0 Å². The van der Waals surface area contributed by atoms with Gasteiger partial charge in [0.2, 0.25) is 0 Å². The van der Waals surface area contributed by atoms with E-state index in [-0.39, 0.29) is 0 Å². The molecule has 0 spiro atoms. The van der Waals surface area contributed by atoms with Gasteiger partial charge in [-0.05, 0) is 0 Å². The van der Waals surface area contributed by atoms with E-state index in [9.17, 15) is 0 Å². The molecule has 7 heteroatoms. The fourth-order valence-corrected chi connectivity index (χ4v) is 1.92. The molecule has 2 aromatic rings. The van der Waals surface area contributed by atoms with Crippen LogP contribution >= 0.6 is 0 Å². The van der Waals surface area contributed by atoms with E-state index >= 15 is 0 Å². The average molecular weight is 434 g/mol. The van der Waals surface area contributed by atoms with Crippen molar-refractivity contribution in [2.75, 3.05) is 13.2 Å². The average Bonchev–Trinajstić information content (AvgIpc) is 2.81. The molecule has 0 aliphatic heterocycles. The van der Waals surface area contributed by atoms with Crippen molar-refractivity contribution in [3.8, 4) is 17.8 Å². The van der Waals surface area contributed by atoms with Crippen LogP contribution in [0.15, 0.2) is 30.6 Å². The molecule has 1 aromatic carbocycles. The van der Waals surface area contributed by atoms with Gasteiger partial charge in [0.05, 0.1) is 0 Å². The van der Waals surface area contributed by atoms with E-state index in [2.05, 4.69) is 16.2 Å². The molecule has 0 radical (unpaired) electrons. The van der Waals surface area contributed by atoms with Gasteiger partial charge in [-0.15, -0.1) is 0 Å². The maximum absolute atomic E-state index is 8.74. The second kappa shape index (κ2) is 6.34. The molecule has 0 bridgehead atoms. The van der Waals surface area contributed by atoms with Crippen molar-refractivity contribution >= 4 is 26.1 Å². The quantitative estimate of drug-likeness (QED) is 0.508. The molecule has 0 N–H and O–H groups in total. The molecule has 0 atom stereocenters. The van der Waals surface area contributed by atoms with E-state index in [1.54, 1.807) is 33.1 Å². The number of nitrogens with zero attached hydrogens (tertiary/aromatic N) is 4. The number of hydrogen-bond donors (Lipinski definition) is 0. The summed E-state index contributed by atoms with van der Waals surface area (Å²) in [4.78, 5) is 3.96. The number of hydrogen-bond acceptors (Lipinski definition) is 5. The zero-order valence-corrected chi connectivity index (χ0v) is 14.0. The Morgan fingerprint density at radius 2 is 2.17 bits per heavy atom. The zero-order valence-electron chi connectivity index (χ0n) is 9.48. The van der Waals surface area contributed by atoms with Crippen LogP contribution in [0.3, 0.4) is 0 Å². The zero-order chi connectivity index (χ0) is 12.8. The van der Waals surface area contributed by atoms with E-state index in [0.29, 0.717) is 56.6 Å². The second-order valence-electron chi connectivity index (χ2n) is 3.34. The SMILES string of the molecule is N#Cc1cccc(OCCOc2nc[n]([Tl])n2)c1. The summed E-state index contributed by atoms with van der Waals surface area (Å²) in [7, 11) is 0. The van der Waals surface area contributed by atoms with Crippen LogP contribution < -0.4 is 9.47 Å². The Morgan fingerprint density at radius 1 is 1.33 bits per heavy atom. The topological polar surface area (TPSA) is 73.0 Å². The molecule has 0 saturated carbocycles. The van der Waals surface area contributed by atoms with Crippen LogP contribution in [0.1, 0.15) is 5.56 Å². The number of aromatic nitrogens is 3. The molecule has 0 aliphatic carbocycles. The molecule has 0 unspecified atom stereocenters. The number of benzene rings is 1. The first-order valence-electron chi connectivity index (χ1n) is 5.20. The molecular weight excluding hydrogens is 425 g/mol. The van der Waals surface area contributed by atoms with Gasteiger partial charge >= 0.3 is 121 Å². The summed E-state index contributed by atoms with van der Waals surface area (Å²) >= 11 is 0.588. The minimum atomic E-state index is 0.367. The first kappa shape index (κ1) is 12.8. The Bertz CT molecular complexity index is 564. The van der Waals surface area contributed by atoms with Gasteiger partial charge < -0.3 is 0 Å². The van der Waals surface area contributed by atoms with Crippen molar-refractivity contribution in [1.29, 1.82) is 5.26 Å². The van der Waals surface area contributed by atoms with E-state index in [4.69, 9.17) is 14.7 Å². The standard InChI is InChI=1S/C11H9N4O2.Tl/c12-7-9-2-1-3-10(6-9)16-4-5-17-11-13-8-14-15-11;/h1-3,6,8H,4-5H2;/q-1;+1. The fourth-order valence-electron chi connectivity index (χ4n) is 1.27. The first-order valence-corrected chi connectivity index (χ1v) is 7.21. The van der Waals surface area contributed by atoms with Crippen molar-refractivity contribution < 1.29 is 9.47 Å². The molecule has 6 nitrogen and oxygen atoms in total. The molecule has 1 aromatic heterocycles. The molecule has 0 amide bonds. The second-order valence-corrected chi connectivity index (χ2v) is 5.40. The van der Waals surface area contributed by atoms with Gasteiger partial charge in [-0.1, -0.05) is 0 Å². The van der Waals surface area contributed by atoms with Gasteiger partial charge in [0.15, 0.2) is 0 Å². The molecule has 0 fully saturated rings. The molecule has 2 rings (SSSR count). The monoisotopic (exact) mass is 434 g/mol. The molecule has 0 aliphatic rings. The number of nitriles is 1. The summed E-state index contributed by atoms with van der Waals surface area (Å²) in [6.45, 7) is 0.748. The van der Waals surface area contributed by atoms with Crippen LogP contribution in [0, 0.1) is 11.3 Å². The summed E-state index contributed by atoms with van der Waals surface area (Å²) in [5.41, 5.74) is 0.575. The molecular formula is C11H9N4O2Tl. The predicted molar refractivity (Wildman–Crippen MR) is 63.3 cm³/mol. The summed E-state index contributed by atoms with van der Waals surface area (Å²) in [6, 6.07) is 9.42. The third-order valence-electron chi connectivity index (χ3n) is 2.03. The Labute approximate surface area is 120 Å². The van der Waals surface area contributed by atoms with E-state index in [1.165, 1.54) is 0 Å². The fraction of sp³-hybridized carbons (Fsp3) is 0.182. The summed E-state index contributed by atoms with van der Waals surface area (Å²) in [6.07, 6.45) is 1.64. The van der Waals surface area contributed by atoms with Crippen molar-refractivity contribution in [1.82, 2.24) is 12.6 Å². The third kappa shape index (κ3) is 3.70. The van der Waals surface area contributed by atoms with Crippen LogP contribution in [0.2, 0.25) is 0 Å². The Kier molecular flexibility index (Phi) is 4.52. The summed E-state index contributed by atoms with van der Waals surface area (Å²) in [5.74, 6) is 0.653. The summed E-state index contributed by atoms with van der Waals surface area (Å²) in [5, 5.41) is 12.8. The van der Waals surface area contributed by atoms with Gasteiger partial charge in [0, 0.05) is 0 Å². The van der Waals surface area contributed by atoms with Gasteiger partial charge in [-0.25, -0.2) is 0 Å². The van der Waals surface area contributed by atoms with Gasteiger partial charge in [-0.2, -0.15) is 0 Å². The van der Waals surface area contributed by atoms with Crippen LogP contribution in [0.5, 0.6) is 11.8 Å². The Morgan fingerprint density at radius 3 is 2.89 bits per heavy atom. The minimum absolute atomic E-state index is 0.367. The van der Waals surface area contributed by atoms with Crippen LogP contribution in [-0.4, -0.2) is 51.9 Å². The Hall–Kier alpha value is -1.63. The number of ether oxygens (including phenoxy) is 2. The van der Waals surface area contributed by atoms with Gasteiger partial charge in [0.25, 0.3) is 0 Å². The normalized spacial score (nSPS) is 9.67. The van der Waals surface area contributed by atoms with Crippen LogP contribution in [0.25, 0.3) is 0 Å². The van der Waals surface area contributed by atoms with E-state index in [1.807, 2.05) is 0 Å². The number of rotatable bonds is 5.